The van der Waals surface area contributed by atoms with Gasteiger partial charge in [-0.15, -0.1) is 0 Å². The first-order valence-electron chi connectivity index (χ1n) is 7.83. The van der Waals surface area contributed by atoms with Crippen LogP contribution in [-0.2, 0) is 6.42 Å². The molecule has 0 unspecified atom stereocenters. The predicted octanol–water partition coefficient (Wildman–Crippen LogP) is 6.64. The molecular weight excluding hydrogens is 328 g/mol. The first-order chi connectivity index (χ1) is 11.8. The Bertz CT molecular complexity index is 806. The highest BCUT2D eigenvalue weighted by Crippen LogP contribution is 2.28. The van der Waals surface area contributed by atoms with Crippen molar-refractivity contribution in [1.29, 1.82) is 0 Å². The first-order valence-corrected chi connectivity index (χ1v) is 7.83. The van der Waals surface area contributed by atoms with Crippen molar-refractivity contribution in [2.75, 3.05) is 0 Å². The van der Waals surface area contributed by atoms with Crippen molar-refractivity contribution in [3.8, 4) is 0 Å². The highest BCUT2D eigenvalue weighted by Gasteiger charge is 2.14. The number of halogens is 4. The largest absolute Gasteiger partial charge is 0.206 e. The fraction of sp³-hybridized carbons (Fsp3) is 0.143. The van der Waals surface area contributed by atoms with Gasteiger partial charge < -0.3 is 0 Å². The zero-order valence-corrected chi connectivity index (χ0v) is 13.9. The van der Waals surface area contributed by atoms with E-state index in [1.54, 1.807) is 0 Å². The van der Waals surface area contributed by atoms with Crippen LogP contribution in [-0.4, -0.2) is 0 Å². The standard InChI is InChI=1S/C21H18F4/c1-4-5-15-6-8-16(9-7-15)13(2)10-18(22)14(3)17-11-19(23)21(25)20(24)12-17/h6-12H,2-5H2,1H3/b18-10+. The van der Waals surface area contributed by atoms with Gasteiger partial charge in [0.2, 0.25) is 0 Å². The number of hydrogen-bond acceptors (Lipinski definition) is 0. The van der Waals surface area contributed by atoms with Crippen LogP contribution in [0.4, 0.5) is 17.6 Å². The van der Waals surface area contributed by atoms with E-state index in [9.17, 15) is 17.6 Å². The summed E-state index contributed by atoms with van der Waals surface area (Å²) in [5.74, 6) is -5.19. The molecule has 2 aromatic carbocycles. The van der Waals surface area contributed by atoms with Gasteiger partial charge in [0.25, 0.3) is 0 Å². The Morgan fingerprint density at radius 2 is 1.52 bits per heavy atom. The fourth-order valence-electron chi connectivity index (χ4n) is 2.37. The molecule has 0 radical (unpaired) electrons. The van der Waals surface area contributed by atoms with Crippen LogP contribution >= 0.6 is 0 Å². The monoisotopic (exact) mass is 346 g/mol. The van der Waals surface area contributed by atoms with Crippen LogP contribution in [0.2, 0.25) is 0 Å². The van der Waals surface area contributed by atoms with Gasteiger partial charge in [-0.2, -0.15) is 0 Å². The molecule has 0 N–H and O–H groups in total. The molecule has 0 aliphatic carbocycles. The van der Waals surface area contributed by atoms with Crippen LogP contribution in [0.5, 0.6) is 0 Å². The molecule has 2 rings (SSSR count). The minimum absolute atomic E-state index is 0.170. The lowest BCUT2D eigenvalue weighted by molar-refractivity contribution is 0.446. The van der Waals surface area contributed by atoms with Gasteiger partial charge in [0.1, 0.15) is 5.83 Å². The van der Waals surface area contributed by atoms with E-state index in [0.29, 0.717) is 17.7 Å². The van der Waals surface area contributed by atoms with Crippen LogP contribution < -0.4 is 0 Å². The van der Waals surface area contributed by atoms with E-state index in [4.69, 9.17) is 0 Å². The molecule has 0 saturated heterocycles. The van der Waals surface area contributed by atoms with Crippen LogP contribution in [0.25, 0.3) is 11.1 Å². The van der Waals surface area contributed by atoms with Crippen LogP contribution in [0, 0.1) is 17.5 Å². The van der Waals surface area contributed by atoms with Gasteiger partial charge in [-0.05, 0) is 46.9 Å². The van der Waals surface area contributed by atoms with E-state index in [1.807, 2.05) is 24.3 Å². The Kier molecular flexibility index (Phi) is 5.97. The average molecular weight is 346 g/mol. The highest BCUT2D eigenvalue weighted by atomic mass is 19.2. The molecule has 0 heterocycles. The second-order valence-electron chi connectivity index (χ2n) is 5.70. The summed E-state index contributed by atoms with van der Waals surface area (Å²) >= 11 is 0. The SMILES string of the molecule is C=C(/C=C(/F)C(=C)c1cc(F)c(F)c(F)c1)c1ccc(CCC)cc1. The zero-order valence-electron chi connectivity index (χ0n) is 13.9. The molecule has 0 nitrogen and oxygen atoms in total. The summed E-state index contributed by atoms with van der Waals surface area (Å²) in [6.07, 6.45) is 3.12. The van der Waals surface area contributed by atoms with Gasteiger partial charge in [0.05, 0.1) is 0 Å². The maximum absolute atomic E-state index is 14.3. The molecule has 0 fully saturated rings. The number of allylic oxidation sites excluding steroid dienone is 4. The molecule has 0 aromatic heterocycles. The molecule has 0 aliphatic rings. The summed E-state index contributed by atoms with van der Waals surface area (Å²) in [4.78, 5) is 0. The lowest BCUT2D eigenvalue weighted by Crippen LogP contribution is -1.95. The summed E-state index contributed by atoms with van der Waals surface area (Å²) < 4.78 is 53.9. The molecule has 25 heavy (non-hydrogen) atoms. The van der Waals surface area contributed by atoms with E-state index < -0.39 is 23.3 Å². The van der Waals surface area contributed by atoms with Crippen molar-refractivity contribution in [1.82, 2.24) is 0 Å². The van der Waals surface area contributed by atoms with Gasteiger partial charge in [-0.1, -0.05) is 50.8 Å². The van der Waals surface area contributed by atoms with E-state index in [0.717, 1.165) is 24.5 Å². The van der Waals surface area contributed by atoms with Crippen molar-refractivity contribution in [3.05, 3.63) is 95.6 Å². The van der Waals surface area contributed by atoms with Crippen LogP contribution in [0.3, 0.4) is 0 Å². The third kappa shape index (κ3) is 4.47. The van der Waals surface area contributed by atoms with Gasteiger partial charge in [0, 0.05) is 5.57 Å². The predicted molar refractivity (Wildman–Crippen MR) is 94.0 cm³/mol. The second-order valence-corrected chi connectivity index (χ2v) is 5.70. The molecular formula is C21H18F4. The van der Waals surface area contributed by atoms with Crippen LogP contribution in [0.15, 0.2) is 61.5 Å². The Balaban J connectivity index is 2.22. The minimum atomic E-state index is -1.60. The summed E-state index contributed by atoms with van der Waals surface area (Å²) in [6.45, 7) is 9.36. The number of aryl methyl sites for hydroxylation is 1. The highest BCUT2D eigenvalue weighted by molar-refractivity contribution is 5.81. The third-order valence-electron chi connectivity index (χ3n) is 3.78. The summed E-state index contributed by atoms with van der Waals surface area (Å²) in [7, 11) is 0. The zero-order chi connectivity index (χ0) is 18.6. The van der Waals surface area contributed by atoms with Crippen molar-refractivity contribution in [3.63, 3.8) is 0 Å². The van der Waals surface area contributed by atoms with Gasteiger partial charge in [0.15, 0.2) is 17.5 Å². The number of benzene rings is 2. The van der Waals surface area contributed by atoms with Crippen molar-refractivity contribution >= 4 is 11.1 Å². The molecule has 0 amide bonds. The molecule has 0 atom stereocenters. The van der Waals surface area contributed by atoms with E-state index in [-0.39, 0.29) is 11.1 Å². The van der Waals surface area contributed by atoms with Gasteiger partial charge >= 0.3 is 0 Å². The van der Waals surface area contributed by atoms with Gasteiger partial charge in [-0.25, -0.2) is 17.6 Å². The lowest BCUT2D eigenvalue weighted by atomic mass is 10.0. The Morgan fingerprint density at radius 1 is 0.960 bits per heavy atom. The number of rotatable bonds is 6. The molecule has 0 saturated carbocycles. The molecule has 0 aliphatic heterocycles. The Hall–Kier alpha value is -2.62. The second kappa shape index (κ2) is 7.97. The Morgan fingerprint density at radius 3 is 2.04 bits per heavy atom. The van der Waals surface area contributed by atoms with Crippen molar-refractivity contribution in [2.24, 2.45) is 0 Å². The average Bonchev–Trinajstić information content (AvgIpc) is 2.59. The maximum atomic E-state index is 14.3. The molecule has 130 valence electrons. The topological polar surface area (TPSA) is 0 Å². The molecule has 0 bridgehead atoms. The lowest BCUT2D eigenvalue weighted by Gasteiger charge is -2.07. The van der Waals surface area contributed by atoms with E-state index in [1.165, 1.54) is 5.56 Å². The molecule has 2 aromatic rings. The fourth-order valence-corrected chi connectivity index (χ4v) is 2.37. The summed E-state index contributed by atoms with van der Waals surface area (Å²) in [5, 5.41) is 0. The third-order valence-corrected chi connectivity index (χ3v) is 3.78. The van der Waals surface area contributed by atoms with E-state index in [2.05, 4.69) is 20.1 Å². The number of hydrogen-bond donors (Lipinski definition) is 0. The molecule has 4 heteroatoms. The van der Waals surface area contributed by atoms with E-state index >= 15 is 0 Å². The first kappa shape index (κ1) is 18.7. The Labute approximate surface area is 144 Å². The molecule has 0 spiro atoms. The van der Waals surface area contributed by atoms with Crippen molar-refractivity contribution in [2.45, 2.75) is 19.8 Å². The smallest absolute Gasteiger partial charge is 0.194 e. The minimum Gasteiger partial charge on any atom is -0.206 e. The van der Waals surface area contributed by atoms with Gasteiger partial charge in [-0.3, -0.25) is 0 Å². The summed E-state index contributed by atoms with van der Waals surface area (Å²) in [6, 6.07) is 8.95. The van der Waals surface area contributed by atoms with Crippen molar-refractivity contribution < 1.29 is 17.6 Å². The maximum Gasteiger partial charge on any atom is 0.194 e. The quantitative estimate of drug-likeness (QED) is 0.312. The van der Waals surface area contributed by atoms with Crippen LogP contribution in [0.1, 0.15) is 30.0 Å². The summed E-state index contributed by atoms with van der Waals surface area (Å²) in [5.41, 5.74) is 1.87. The normalized spacial score (nSPS) is 11.5.